The largest absolute Gasteiger partial charge is 0.379 e. The highest BCUT2D eigenvalue weighted by atomic mass is 32.2. The fourth-order valence-electron chi connectivity index (χ4n) is 2.95. The molecule has 0 saturated heterocycles. The molecule has 0 saturated carbocycles. The van der Waals surface area contributed by atoms with E-state index in [-0.39, 0.29) is 34.7 Å². The Morgan fingerprint density at radius 2 is 1.72 bits per heavy atom. The Morgan fingerprint density at radius 1 is 1.06 bits per heavy atom. The van der Waals surface area contributed by atoms with Crippen LogP contribution in [-0.4, -0.2) is 37.3 Å². The van der Waals surface area contributed by atoms with Crippen LogP contribution in [0.25, 0.3) is 0 Å². The zero-order valence-corrected chi connectivity index (χ0v) is 19.9. The van der Waals surface area contributed by atoms with Crippen molar-refractivity contribution in [3.63, 3.8) is 0 Å². The van der Waals surface area contributed by atoms with Crippen LogP contribution < -0.4 is 14.8 Å². The molecule has 0 aliphatic heterocycles. The lowest BCUT2D eigenvalue weighted by atomic mass is 10.1. The molecule has 1 atom stereocenters. The molecule has 174 valence electrons. The second kappa shape index (κ2) is 11.0. The number of carbonyl (C=O) groups excluding carboxylic acids is 2. The Kier molecular flexibility index (Phi) is 8.65. The lowest BCUT2D eigenvalue weighted by molar-refractivity contribution is -0.114. The third-order valence-corrected chi connectivity index (χ3v) is 5.98. The molecular formula is C23H31N3O5S. The van der Waals surface area contributed by atoms with Gasteiger partial charge in [-0.2, -0.15) is 8.42 Å². The molecule has 0 aliphatic carbocycles. The van der Waals surface area contributed by atoms with E-state index in [1.54, 1.807) is 23.1 Å². The van der Waals surface area contributed by atoms with Crippen LogP contribution in [0.15, 0.2) is 53.4 Å². The van der Waals surface area contributed by atoms with Crippen LogP contribution in [-0.2, 0) is 21.5 Å². The van der Waals surface area contributed by atoms with E-state index < -0.39 is 10.1 Å². The molecule has 0 bridgehead atoms. The number of hydrogen-bond acceptors (Lipinski definition) is 5. The van der Waals surface area contributed by atoms with Crippen LogP contribution in [0, 0.1) is 0 Å². The van der Waals surface area contributed by atoms with Gasteiger partial charge in [0.2, 0.25) is 5.91 Å². The number of amides is 3. The standard InChI is InChI=1S/C23H31N3O5S/c1-6-17(4)26(23(28)24-16(2)3)15-19-8-7-9-21(14-19)31-32(29,30)22-12-10-20(11-13-22)25-18(5)27/h7-14,16-17H,6,15H2,1-5H3,(H,24,28)(H,25,27)/t17-/m1/s1. The van der Waals surface area contributed by atoms with Gasteiger partial charge < -0.3 is 19.7 Å². The smallest absolute Gasteiger partial charge is 0.339 e. The molecule has 9 heteroatoms. The summed E-state index contributed by atoms with van der Waals surface area (Å²) in [6, 6.07) is 12.2. The zero-order chi connectivity index (χ0) is 23.9. The molecule has 0 unspecified atom stereocenters. The van der Waals surface area contributed by atoms with E-state index in [0.717, 1.165) is 12.0 Å². The summed E-state index contributed by atoms with van der Waals surface area (Å²) in [7, 11) is -4.06. The Morgan fingerprint density at radius 3 is 2.28 bits per heavy atom. The van der Waals surface area contributed by atoms with E-state index >= 15 is 0 Å². The summed E-state index contributed by atoms with van der Waals surface area (Å²) in [6.45, 7) is 9.45. The van der Waals surface area contributed by atoms with Crippen molar-refractivity contribution in [3.8, 4) is 5.75 Å². The number of urea groups is 1. The number of hydrogen-bond donors (Lipinski definition) is 2. The fraction of sp³-hybridized carbons (Fsp3) is 0.391. The highest BCUT2D eigenvalue weighted by Crippen LogP contribution is 2.22. The van der Waals surface area contributed by atoms with Gasteiger partial charge in [-0.3, -0.25) is 4.79 Å². The van der Waals surface area contributed by atoms with Gasteiger partial charge in [0.25, 0.3) is 0 Å². The summed E-state index contributed by atoms with van der Waals surface area (Å²) in [5.41, 5.74) is 1.24. The minimum Gasteiger partial charge on any atom is -0.379 e. The fourth-order valence-corrected chi connectivity index (χ4v) is 3.88. The van der Waals surface area contributed by atoms with Gasteiger partial charge in [-0.1, -0.05) is 19.1 Å². The van der Waals surface area contributed by atoms with Crippen LogP contribution in [0.2, 0.25) is 0 Å². The molecular weight excluding hydrogens is 430 g/mol. The van der Waals surface area contributed by atoms with Crippen molar-refractivity contribution in [3.05, 3.63) is 54.1 Å². The van der Waals surface area contributed by atoms with Crippen molar-refractivity contribution in [2.24, 2.45) is 0 Å². The first-order chi connectivity index (χ1) is 15.0. The summed E-state index contributed by atoms with van der Waals surface area (Å²) in [4.78, 5) is 25.4. The minimum atomic E-state index is -4.06. The Hall–Kier alpha value is -3.07. The highest BCUT2D eigenvalue weighted by molar-refractivity contribution is 7.87. The van der Waals surface area contributed by atoms with Gasteiger partial charge in [-0.15, -0.1) is 0 Å². The van der Waals surface area contributed by atoms with E-state index in [1.165, 1.54) is 31.2 Å². The first-order valence-corrected chi connectivity index (χ1v) is 11.9. The quantitative estimate of drug-likeness (QED) is 0.546. The van der Waals surface area contributed by atoms with Gasteiger partial charge in [0, 0.05) is 31.2 Å². The number of rotatable bonds is 9. The Labute approximate surface area is 190 Å². The second-order valence-electron chi connectivity index (χ2n) is 7.88. The highest BCUT2D eigenvalue weighted by Gasteiger charge is 2.21. The molecule has 0 radical (unpaired) electrons. The SMILES string of the molecule is CC[C@@H](C)N(Cc1cccc(OS(=O)(=O)c2ccc(NC(C)=O)cc2)c1)C(=O)NC(C)C. The van der Waals surface area contributed by atoms with Crippen molar-refractivity contribution in [2.75, 3.05) is 5.32 Å². The predicted molar refractivity (Wildman–Crippen MR) is 124 cm³/mol. The van der Waals surface area contributed by atoms with Crippen molar-refractivity contribution in [1.29, 1.82) is 0 Å². The molecule has 3 amide bonds. The van der Waals surface area contributed by atoms with Crippen LogP contribution in [0.4, 0.5) is 10.5 Å². The number of nitrogens with one attached hydrogen (secondary N) is 2. The Balaban J connectivity index is 2.19. The lowest BCUT2D eigenvalue weighted by Gasteiger charge is -2.30. The summed E-state index contributed by atoms with van der Waals surface area (Å²) in [5, 5.41) is 5.48. The number of anilines is 1. The molecule has 2 rings (SSSR count). The van der Waals surface area contributed by atoms with Gasteiger partial charge in [-0.05, 0) is 69.2 Å². The molecule has 2 aromatic carbocycles. The monoisotopic (exact) mass is 461 g/mol. The molecule has 0 aromatic heterocycles. The van der Waals surface area contributed by atoms with Gasteiger partial charge in [0.15, 0.2) is 0 Å². The third kappa shape index (κ3) is 7.26. The van der Waals surface area contributed by atoms with Crippen molar-refractivity contribution < 1.29 is 22.2 Å². The third-order valence-electron chi connectivity index (χ3n) is 4.72. The van der Waals surface area contributed by atoms with Crippen molar-refractivity contribution >= 4 is 27.7 Å². The minimum absolute atomic E-state index is 0.00387. The summed E-state index contributed by atoms with van der Waals surface area (Å²) in [5.74, 6) is -0.0935. The van der Waals surface area contributed by atoms with Gasteiger partial charge >= 0.3 is 16.1 Å². The molecule has 2 aromatic rings. The summed E-state index contributed by atoms with van der Waals surface area (Å²) in [6.07, 6.45) is 0.782. The van der Waals surface area contributed by atoms with E-state index in [2.05, 4.69) is 10.6 Å². The zero-order valence-electron chi connectivity index (χ0n) is 19.1. The van der Waals surface area contributed by atoms with Gasteiger partial charge in [0.05, 0.1) is 0 Å². The van der Waals surface area contributed by atoms with Crippen LogP contribution in [0.3, 0.4) is 0 Å². The summed E-state index contributed by atoms with van der Waals surface area (Å²) >= 11 is 0. The Bertz CT molecular complexity index is 1040. The van der Waals surface area contributed by atoms with Crippen LogP contribution in [0.5, 0.6) is 5.75 Å². The van der Waals surface area contributed by atoms with Gasteiger partial charge in [0.1, 0.15) is 10.6 Å². The molecule has 0 fully saturated rings. The summed E-state index contributed by atoms with van der Waals surface area (Å²) < 4.78 is 30.6. The molecule has 0 aliphatic rings. The average molecular weight is 462 g/mol. The van der Waals surface area contributed by atoms with E-state index in [0.29, 0.717) is 12.2 Å². The van der Waals surface area contributed by atoms with E-state index in [1.807, 2.05) is 33.8 Å². The van der Waals surface area contributed by atoms with E-state index in [4.69, 9.17) is 4.18 Å². The van der Waals surface area contributed by atoms with Crippen LogP contribution >= 0.6 is 0 Å². The predicted octanol–water partition coefficient (Wildman–Crippen LogP) is 4.13. The topological polar surface area (TPSA) is 105 Å². The molecule has 0 spiro atoms. The van der Waals surface area contributed by atoms with Crippen LogP contribution in [0.1, 0.15) is 46.6 Å². The second-order valence-corrected chi connectivity index (χ2v) is 9.43. The van der Waals surface area contributed by atoms with Crippen molar-refractivity contribution in [1.82, 2.24) is 10.2 Å². The number of benzene rings is 2. The maximum absolute atomic E-state index is 12.7. The normalized spacial score (nSPS) is 12.2. The van der Waals surface area contributed by atoms with Gasteiger partial charge in [-0.25, -0.2) is 4.79 Å². The lowest BCUT2D eigenvalue weighted by Crippen LogP contribution is -2.46. The molecule has 2 N–H and O–H groups in total. The van der Waals surface area contributed by atoms with E-state index in [9.17, 15) is 18.0 Å². The first kappa shape index (κ1) is 25.2. The average Bonchev–Trinajstić information content (AvgIpc) is 2.70. The maximum atomic E-state index is 12.7. The molecule has 8 nitrogen and oxygen atoms in total. The maximum Gasteiger partial charge on any atom is 0.339 e. The molecule has 32 heavy (non-hydrogen) atoms. The number of nitrogens with zero attached hydrogens (tertiary/aromatic N) is 1. The molecule has 0 heterocycles. The number of carbonyl (C=O) groups is 2. The first-order valence-electron chi connectivity index (χ1n) is 10.5. The van der Waals surface area contributed by atoms with Crippen molar-refractivity contribution in [2.45, 2.75) is 64.6 Å².